The van der Waals surface area contributed by atoms with Crippen LogP contribution >= 0.6 is 0 Å². The molecular weight excluding hydrogens is 202 g/mol. The van der Waals surface area contributed by atoms with Crippen LogP contribution in [0.3, 0.4) is 0 Å². The maximum Gasteiger partial charge on any atom is 0.125 e. The molecule has 0 spiro atoms. The number of nitrogens with one attached hydrogen (secondary N) is 1. The van der Waals surface area contributed by atoms with Gasteiger partial charge in [-0.1, -0.05) is 6.07 Å². The predicted molar refractivity (Wildman–Crippen MR) is 64.0 cm³/mol. The van der Waals surface area contributed by atoms with E-state index in [0.29, 0.717) is 0 Å². The highest BCUT2D eigenvalue weighted by atomic mass is 16.5. The van der Waals surface area contributed by atoms with Crippen LogP contribution in [0.15, 0.2) is 12.1 Å². The summed E-state index contributed by atoms with van der Waals surface area (Å²) in [6.45, 7) is 6.81. The van der Waals surface area contributed by atoms with Gasteiger partial charge in [-0.05, 0) is 31.0 Å². The fourth-order valence-electron chi connectivity index (χ4n) is 2.14. The van der Waals surface area contributed by atoms with Crippen LogP contribution in [0.25, 0.3) is 0 Å². The van der Waals surface area contributed by atoms with E-state index in [2.05, 4.69) is 25.2 Å². The maximum absolute atomic E-state index is 5.80. The van der Waals surface area contributed by atoms with E-state index in [1.54, 1.807) is 7.11 Å². The molecule has 3 nitrogen and oxygen atoms in total. The highest BCUT2D eigenvalue weighted by Crippen LogP contribution is 2.32. The second-order valence-corrected chi connectivity index (χ2v) is 4.19. The van der Waals surface area contributed by atoms with E-state index in [9.17, 15) is 0 Å². The fourth-order valence-corrected chi connectivity index (χ4v) is 2.14. The van der Waals surface area contributed by atoms with Gasteiger partial charge in [-0.15, -0.1) is 0 Å². The first-order chi connectivity index (χ1) is 7.74. The molecule has 1 N–H and O–H groups in total. The molecule has 0 bridgehead atoms. The zero-order chi connectivity index (χ0) is 11.5. The molecule has 0 amide bonds. The van der Waals surface area contributed by atoms with Gasteiger partial charge in [0.15, 0.2) is 0 Å². The van der Waals surface area contributed by atoms with Gasteiger partial charge in [0.1, 0.15) is 5.75 Å². The highest BCUT2D eigenvalue weighted by Gasteiger charge is 2.22. The highest BCUT2D eigenvalue weighted by molar-refractivity contribution is 5.45. The van der Waals surface area contributed by atoms with Crippen LogP contribution in [0.2, 0.25) is 0 Å². The fraction of sp³-hybridized carbons (Fsp3) is 0.538. The number of ether oxygens (including phenoxy) is 2. The van der Waals surface area contributed by atoms with Gasteiger partial charge in [0.25, 0.3) is 0 Å². The van der Waals surface area contributed by atoms with Crippen molar-refractivity contribution in [1.82, 2.24) is 5.32 Å². The summed E-state index contributed by atoms with van der Waals surface area (Å²) in [5.74, 6) is 0.928. The topological polar surface area (TPSA) is 30.5 Å². The Hall–Kier alpha value is -1.06. The molecule has 1 aliphatic rings. The number of benzene rings is 1. The molecule has 1 unspecified atom stereocenters. The van der Waals surface area contributed by atoms with Crippen LogP contribution < -0.4 is 10.1 Å². The average Bonchev–Trinajstić information content (AvgIpc) is 2.33. The molecule has 0 aliphatic carbocycles. The maximum atomic E-state index is 5.80. The van der Waals surface area contributed by atoms with E-state index < -0.39 is 0 Å². The van der Waals surface area contributed by atoms with Gasteiger partial charge in [-0.2, -0.15) is 0 Å². The molecule has 0 radical (unpaired) electrons. The summed E-state index contributed by atoms with van der Waals surface area (Å²) in [7, 11) is 1.71. The van der Waals surface area contributed by atoms with Gasteiger partial charge in [0.05, 0.1) is 19.8 Å². The second kappa shape index (κ2) is 4.85. The Labute approximate surface area is 96.8 Å². The van der Waals surface area contributed by atoms with Crippen molar-refractivity contribution in [3.05, 3.63) is 28.8 Å². The Balaban J connectivity index is 2.39. The summed E-state index contributed by atoms with van der Waals surface area (Å²) in [5.41, 5.74) is 3.74. The third kappa shape index (κ3) is 2.06. The largest absolute Gasteiger partial charge is 0.496 e. The lowest BCUT2D eigenvalue weighted by molar-refractivity contribution is 0.0258. The van der Waals surface area contributed by atoms with E-state index in [1.807, 2.05) is 6.07 Å². The van der Waals surface area contributed by atoms with E-state index in [0.717, 1.165) is 25.4 Å². The van der Waals surface area contributed by atoms with Crippen molar-refractivity contribution >= 4 is 0 Å². The van der Waals surface area contributed by atoms with E-state index >= 15 is 0 Å². The minimum Gasteiger partial charge on any atom is -0.496 e. The summed E-state index contributed by atoms with van der Waals surface area (Å²) in [4.78, 5) is 0. The van der Waals surface area contributed by atoms with Crippen molar-refractivity contribution in [1.29, 1.82) is 0 Å². The lowest BCUT2D eigenvalue weighted by Crippen LogP contribution is -2.34. The summed E-state index contributed by atoms with van der Waals surface area (Å²) < 4.78 is 11.2. The molecule has 1 aromatic carbocycles. The molecule has 1 heterocycles. The molecule has 1 fully saturated rings. The van der Waals surface area contributed by atoms with Crippen LogP contribution in [0.1, 0.15) is 22.8 Å². The number of hydrogen-bond acceptors (Lipinski definition) is 3. The van der Waals surface area contributed by atoms with Crippen molar-refractivity contribution < 1.29 is 9.47 Å². The number of aryl methyl sites for hydroxylation is 1. The molecule has 1 aliphatic heterocycles. The van der Waals surface area contributed by atoms with Crippen LogP contribution in [-0.4, -0.2) is 26.8 Å². The van der Waals surface area contributed by atoms with Crippen molar-refractivity contribution in [2.75, 3.05) is 26.8 Å². The first-order valence-electron chi connectivity index (χ1n) is 5.70. The Bertz CT molecular complexity index is 370. The smallest absolute Gasteiger partial charge is 0.125 e. The van der Waals surface area contributed by atoms with Gasteiger partial charge in [0, 0.05) is 18.7 Å². The van der Waals surface area contributed by atoms with Crippen molar-refractivity contribution in [3.63, 3.8) is 0 Å². The molecule has 1 saturated heterocycles. The van der Waals surface area contributed by atoms with Gasteiger partial charge in [-0.3, -0.25) is 0 Å². The van der Waals surface area contributed by atoms with Crippen molar-refractivity contribution in [3.8, 4) is 5.75 Å². The monoisotopic (exact) mass is 221 g/mol. The molecule has 1 atom stereocenters. The molecule has 0 aromatic heterocycles. The predicted octanol–water partition coefficient (Wildman–Crippen LogP) is 1.97. The molecule has 88 valence electrons. The van der Waals surface area contributed by atoms with Gasteiger partial charge in [-0.25, -0.2) is 0 Å². The van der Waals surface area contributed by atoms with Gasteiger partial charge in [0.2, 0.25) is 0 Å². The third-order valence-corrected chi connectivity index (χ3v) is 3.22. The van der Waals surface area contributed by atoms with E-state index in [4.69, 9.17) is 9.47 Å². The minimum absolute atomic E-state index is 0.114. The zero-order valence-corrected chi connectivity index (χ0v) is 10.2. The summed E-state index contributed by atoms with van der Waals surface area (Å²) in [6, 6.07) is 4.11. The molecule has 1 aromatic rings. The zero-order valence-electron chi connectivity index (χ0n) is 10.2. The molecule has 2 rings (SSSR count). The van der Waals surface area contributed by atoms with Crippen LogP contribution in [0, 0.1) is 13.8 Å². The lowest BCUT2D eigenvalue weighted by Gasteiger charge is -2.27. The Morgan fingerprint density at radius 3 is 2.81 bits per heavy atom. The van der Waals surface area contributed by atoms with Crippen LogP contribution in [-0.2, 0) is 4.74 Å². The first-order valence-corrected chi connectivity index (χ1v) is 5.70. The molecule has 16 heavy (non-hydrogen) atoms. The summed E-state index contributed by atoms with van der Waals surface area (Å²) >= 11 is 0. The van der Waals surface area contributed by atoms with E-state index in [-0.39, 0.29) is 6.10 Å². The van der Waals surface area contributed by atoms with Crippen LogP contribution in [0.5, 0.6) is 5.75 Å². The number of rotatable bonds is 2. The average molecular weight is 221 g/mol. The summed E-state index contributed by atoms with van der Waals surface area (Å²) in [5, 5.41) is 3.35. The number of methoxy groups -OCH3 is 1. The molecular formula is C13H19NO2. The number of hydrogen-bond donors (Lipinski definition) is 1. The van der Waals surface area contributed by atoms with Gasteiger partial charge >= 0.3 is 0 Å². The molecule has 3 heteroatoms. The first kappa shape index (κ1) is 11.4. The van der Waals surface area contributed by atoms with Crippen molar-refractivity contribution in [2.45, 2.75) is 20.0 Å². The Morgan fingerprint density at radius 1 is 1.38 bits per heavy atom. The normalized spacial score (nSPS) is 20.8. The van der Waals surface area contributed by atoms with Crippen LogP contribution in [0.4, 0.5) is 0 Å². The van der Waals surface area contributed by atoms with Gasteiger partial charge < -0.3 is 14.8 Å². The quantitative estimate of drug-likeness (QED) is 0.828. The second-order valence-electron chi connectivity index (χ2n) is 4.19. The van der Waals surface area contributed by atoms with E-state index in [1.165, 1.54) is 16.7 Å². The third-order valence-electron chi connectivity index (χ3n) is 3.22. The lowest BCUT2D eigenvalue weighted by atomic mass is 9.97. The Kier molecular flexibility index (Phi) is 3.46. The minimum atomic E-state index is 0.114. The Morgan fingerprint density at radius 2 is 2.19 bits per heavy atom. The standard InChI is InChI=1S/C13H19NO2/c1-9-4-5-11(15-3)13(10(9)2)12-8-14-6-7-16-12/h4-5,12,14H,6-8H2,1-3H3. The number of morpholine rings is 1. The summed E-state index contributed by atoms with van der Waals surface area (Å²) in [6.07, 6.45) is 0.114. The van der Waals surface area contributed by atoms with Crippen molar-refractivity contribution in [2.24, 2.45) is 0 Å². The SMILES string of the molecule is COc1ccc(C)c(C)c1C1CNCCO1. The molecule has 0 saturated carbocycles.